The maximum Gasteiger partial charge on any atom is 0.417 e. The van der Waals surface area contributed by atoms with Crippen LogP contribution < -0.4 is 31.7 Å². The average molecular weight is 1170 g/mol. The number of aromatic nitrogens is 2. The summed E-state index contributed by atoms with van der Waals surface area (Å²) >= 11 is 1.55. The molecule has 0 radical (unpaired) electrons. The molecule has 5 atom stereocenters. The van der Waals surface area contributed by atoms with Crippen molar-refractivity contribution in [3.8, 4) is 21.6 Å². The lowest BCUT2D eigenvalue weighted by molar-refractivity contribution is -0.145. The van der Waals surface area contributed by atoms with Gasteiger partial charge in [-0.1, -0.05) is 57.2 Å². The molecular formula is C59H73F4N11O8S. The molecule has 446 valence electrons. The van der Waals surface area contributed by atoms with Crippen molar-refractivity contribution in [3.63, 3.8) is 0 Å². The fraction of sp³-hybridized carbons (Fsp3) is 0.475. The van der Waals surface area contributed by atoms with E-state index >= 15 is 4.39 Å². The Bertz CT molecular complexity index is 3190. The number of rotatable bonds is 19. The van der Waals surface area contributed by atoms with Gasteiger partial charge in [-0.05, 0) is 79.8 Å². The van der Waals surface area contributed by atoms with Gasteiger partial charge in [-0.25, -0.2) is 9.37 Å². The van der Waals surface area contributed by atoms with Crippen molar-refractivity contribution in [3.05, 3.63) is 123 Å². The third-order valence-corrected chi connectivity index (χ3v) is 16.5. The van der Waals surface area contributed by atoms with Gasteiger partial charge in [0.15, 0.2) is 0 Å². The number of piperazine rings is 2. The first-order valence-corrected chi connectivity index (χ1v) is 28.6. The van der Waals surface area contributed by atoms with Crippen LogP contribution in [0.25, 0.3) is 21.6 Å². The maximum atomic E-state index is 15.8. The molecule has 3 fully saturated rings. The number of amides is 5. The first-order chi connectivity index (χ1) is 39.3. The van der Waals surface area contributed by atoms with E-state index in [1.54, 1.807) is 68.0 Å². The molecule has 24 heteroatoms. The van der Waals surface area contributed by atoms with Crippen LogP contribution in [0, 0.1) is 18.2 Å². The number of aromatic amines is 1. The Morgan fingerprint density at radius 2 is 1.52 bits per heavy atom. The number of H-pyrrole nitrogens is 1. The van der Waals surface area contributed by atoms with Crippen LogP contribution in [0.2, 0.25) is 0 Å². The van der Waals surface area contributed by atoms with Crippen LogP contribution in [0.5, 0.6) is 0 Å². The molecule has 5 aromatic rings. The molecule has 3 saturated heterocycles. The molecule has 3 aliphatic rings. The van der Waals surface area contributed by atoms with Crippen LogP contribution in [0.3, 0.4) is 0 Å². The van der Waals surface area contributed by atoms with Gasteiger partial charge >= 0.3 is 6.18 Å². The van der Waals surface area contributed by atoms with E-state index in [-0.39, 0.29) is 42.8 Å². The largest absolute Gasteiger partial charge is 0.417 e. The molecule has 5 amide bonds. The smallest absolute Gasteiger partial charge is 0.391 e. The lowest BCUT2D eigenvalue weighted by Crippen LogP contribution is -2.58. The number of β-amino-alcohol motifs (C(OH)–C–C–N with tert-alkyl or cyclic N) is 1. The number of nitrogens with one attached hydrogen (secondary N) is 5. The number of halogens is 4. The topological polar surface area (TPSA) is 225 Å². The van der Waals surface area contributed by atoms with Crippen LogP contribution in [0.15, 0.2) is 83.2 Å². The molecule has 3 aromatic carbocycles. The number of carbonyl (C=O) groups excluding carboxylic acids is 5. The van der Waals surface area contributed by atoms with E-state index in [9.17, 15) is 47.0 Å². The molecule has 0 bridgehead atoms. The Morgan fingerprint density at radius 3 is 2.18 bits per heavy atom. The van der Waals surface area contributed by atoms with Gasteiger partial charge in [0, 0.05) is 108 Å². The van der Waals surface area contributed by atoms with Crippen LogP contribution in [-0.4, -0.2) is 174 Å². The highest BCUT2D eigenvalue weighted by Gasteiger charge is 2.45. The van der Waals surface area contributed by atoms with Crippen LogP contribution >= 0.6 is 11.3 Å². The number of aliphatic hydroxyl groups excluding tert-OH is 1. The molecule has 6 N–H and O–H groups in total. The zero-order valence-corrected chi connectivity index (χ0v) is 48.5. The number of likely N-dealkylation sites (tertiary alicyclic amines) is 1. The van der Waals surface area contributed by atoms with Gasteiger partial charge in [0.2, 0.25) is 29.2 Å². The van der Waals surface area contributed by atoms with E-state index in [4.69, 9.17) is 4.74 Å². The normalized spacial score (nSPS) is 19.6. The third-order valence-electron chi connectivity index (χ3n) is 15.6. The minimum Gasteiger partial charge on any atom is -0.391 e. The lowest BCUT2D eigenvalue weighted by Gasteiger charge is -2.44. The van der Waals surface area contributed by atoms with E-state index in [0.717, 1.165) is 33.5 Å². The quantitative estimate of drug-likeness (QED) is 0.0565. The molecule has 3 aliphatic heterocycles. The van der Waals surface area contributed by atoms with Crippen molar-refractivity contribution in [2.24, 2.45) is 5.41 Å². The minimum atomic E-state index is -4.98. The average Bonchev–Trinajstić information content (AvgIpc) is 4.24. The highest BCUT2D eigenvalue weighted by Crippen LogP contribution is 2.37. The monoisotopic (exact) mass is 1170 g/mol. The predicted molar refractivity (Wildman–Crippen MR) is 308 cm³/mol. The summed E-state index contributed by atoms with van der Waals surface area (Å²) in [6.45, 7) is 15.7. The van der Waals surface area contributed by atoms with E-state index in [2.05, 4.69) is 45.9 Å². The zero-order chi connectivity index (χ0) is 59.9. The molecule has 0 saturated carbocycles. The summed E-state index contributed by atoms with van der Waals surface area (Å²) in [6.07, 6.45) is -5.14. The van der Waals surface area contributed by atoms with Gasteiger partial charge in [0.25, 0.3) is 5.91 Å². The molecule has 5 heterocycles. The third kappa shape index (κ3) is 15.8. The molecular weight excluding hydrogens is 1100 g/mol. The van der Waals surface area contributed by atoms with Gasteiger partial charge < -0.3 is 45.9 Å². The second-order valence-electron chi connectivity index (χ2n) is 22.8. The predicted octanol–water partition coefficient (Wildman–Crippen LogP) is 5.47. The molecule has 0 spiro atoms. The number of hydrogen-bond donors (Lipinski definition) is 6. The SMILES string of the molecule is Cc1ncsc1-c1ccc(CNC(=O)[C@@H]2C[C@@H](O)CN2C(=O)C(NC(=O)COCC(=O)NCCN2CCN(Cc3ccc(F)c(-c4ccc(N5C[C@@H](C)N(C)[C@@H](C)C5)c(NC(=O)c5c[nH]c(=O)cc5C(F)(F)F)c4)c3)CC2)C(C)(C)C)cc1. The van der Waals surface area contributed by atoms with Crippen LogP contribution in [-0.2, 0) is 43.2 Å². The molecule has 19 nitrogen and oxygen atoms in total. The summed E-state index contributed by atoms with van der Waals surface area (Å²) in [5, 5.41) is 21.7. The zero-order valence-electron chi connectivity index (χ0n) is 47.7. The van der Waals surface area contributed by atoms with Gasteiger partial charge in [-0.15, -0.1) is 11.3 Å². The number of hydrogen-bond acceptors (Lipinski definition) is 14. The first-order valence-electron chi connectivity index (χ1n) is 27.7. The van der Waals surface area contributed by atoms with E-state index < -0.39 is 95.0 Å². The van der Waals surface area contributed by atoms with E-state index in [1.165, 1.54) is 11.0 Å². The molecule has 2 aromatic heterocycles. The Hall–Kier alpha value is -7.09. The number of thiazole rings is 1. The second-order valence-corrected chi connectivity index (χ2v) is 23.7. The van der Waals surface area contributed by atoms with Gasteiger partial charge in [-0.2, -0.15) is 13.2 Å². The minimum absolute atomic E-state index is 0.0392. The summed E-state index contributed by atoms with van der Waals surface area (Å²) in [4.78, 5) is 96.5. The number of carbonyl (C=O) groups is 5. The van der Waals surface area contributed by atoms with Crippen molar-refractivity contribution in [1.82, 2.24) is 45.5 Å². The molecule has 8 rings (SSSR count). The molecule has 1 unspecified atom stereocenters. The number of pyridine rings is 1. The Morgan fingerprint density at radius 1 is 0.855 bits per heavy atom. The van der Waals surface area contributed by atoms with Crippen LogP contribution in [0.4, 0.5) is 28.9 Å². The Labute approximate surface area is 483 Å². The number of anilines is 2. The summed E-state index contributed by atoms with van der Waals surface area (Å²) in [5.41, 5.74) is 2.82. The fourth-order valence-corrected chi connectivity index (χ4v) is 11.5. The highest BCUT2D eigenvalue weighted by atomic mass is 32.1. The summed E-state index contributed by atoms with van der Waals surface area (Å²) in [5.74, 6) is -3.64. The number of likely N-dealkylation sites (N-methyl/N-ethyl adjacent to an activating group) is 1. The number of benzene rings is 3. The van der Waals surface area contributed by atoms with Gasteiger partial charge in [0.05, 0.1) is 44.7 Å². The van der Waals surface area contributed by atoms with E-state index in [0.29, 0.717) is 76.2 Å². The number of aryl methyl sites for hydroxylation is 1. The summed E-state index contributed by atoms with van der Waals surface area (Å²) < 4.78 is 63.3. The van der Waals surface area contributed by atoms with Crippen LogP contribution in [0.1, 0.15) is 73.8 Å². The summed E-state index contributed by atoms with van der Waals surface area (Å²) in [7, 11) is 2.01. The fourth-order valence-electron chi connectivity index (χ4n) is 10.7. The first kappa shape index (κ1) is 62.0. The van der Waals surface area contributed by atoms with Gasteiger partial charge in [0.1, 0.15) is 31.1 Å². The number of nitrogens with zero attached hydrogens (tertiary/aromatic N) is 6. The van der Waals surface area contributed by atoms with Gasteiger partial charge in [-0.3, -0.25) is 43.5 Å². The maximum absolute atomic E-state index is 15.8. The van der Waals surface area contributed by atoms with Crippen molar-refractivity contribution in [2.45, 2.75) is 97.5 Å². The van der Waals surface area contributed by atoms with Crippen molar-refractivity contribution in [1.29, 1.82) is 0 Å². The second kappa shape index (κ2) is 26.7. The van der Waals surface area contributed by atoms with Crippen molar-refractivity contribution < 1.29 is 51.4 Å². The standard InChI is InChI=1S/C59H73F4N11O8S/c1-35-28-73(29-36(2)70(35)7)48-15-13-41(23-47(48)68-55(79)44-27-65-50(76)25-45(44)59(61,62)63)43-22-39(10-14-46(43)60)30-72-20-18-71(19-21-72)17-16-64-51(77)32-82-33-52(78)69-54(58(4,5)6)57(81)74-31-42(75)24-49(74)56(80)66-26-38-8-11-40(12-9-38)53-37(3)67-34-83-53/h8-15,22-23,25,27,34-36,42,49,54,75H,16-21,24,26,28-33H2,1-7H3,(H,64,77)(H,65,76)(H,66,80)(H,68,79)(H,69,78)/t35-,36+,42-,49+,54?/m1/s1. The summed E-state index contributed by atoms with van der Waals surface area (Å²) in [6, 6.07) is 16.1. The van der Waals surface area contributed by atoms with Crippen molar-refractivity contribution >= 4 is 52.2 Å². The number of ether oxygens (including phenoxy) is 1. The van der Waals surface area contributed by atoms with Crippen molar-refractivity contribution in [2.75, 3.05) is 89.4 Å². The highest BCUT2D eigenvalue weighted by molar-refractivity contribution is 7.13. The molecule has 83 heavy (non-hydrogen) atoms. The number of aliphatic hydroxyl groups is 1. The Balaban J connectivity index is 0.789. The van der Waals surface area contributed by atoms with E-state index in [1.807, 2.05) is 57.0 Å². The molecule has 0 aliphatic carbocycles. The lowest BCUT2D eigenvalue weighted by atomic mass is 9.85. The number of alkyl halides is 3. The Kier molecular flexibility index (Phi) is 19.9.